The maximum Gasteiger partial charge on any atom is 0.123 e. The van der Waals surface area contributed by atoms with E-state index in [0.29, 0.717) is 6.54 Å². The van der Waals surface area contributed by atoms with E-state index in [9.17, 15) is 4.39 Å². The summed E-state index contributed by atoms with van der Waals surface area (Å²) in [5, 5.41) is 3.43. The molecule has 2 aromatic carbocycles. The van der Waals surface area contributed by atoms with E-state index in [1.807, 2.05) is 12.1 Å². The normalized spacial score (nSPS) is 12.4. The Labute approximate surface area is 122 Å². The van der Waals surface area contributed by atoms with Crippen molar-refractivity contribution in [3.05, 3.63) is 69.4 Å². The van der Waals surface area contributed by atoms with Gasteiger partial charge in [-0.1, -0.05) is 40.2 Å². The van der Waals surface area contributed by atoms with E-state index < -0.39 is 0 Å². The molecule has 0 fully saturated rings. The van der Waals surface area contributed by atoms with E-state index in [-0.39, 0.29) is 11.9 Å². The molecule has 1 nitrogen and oxygen atoms in total. The third-order valence-corrected chi connectivity index (χ3v) is 4.04. The van der Waals surface area contributed by atoms with Gasteiger partial charge in [-0.3, -0.25) is 0 Å². The molecule has 0 amide bonds. The number of rotatable bonds is 4. The highest BCUT2D eigenvalue weighted by Gasteiger charge is 2.08. The first kappa shape index (κ1) is 14.2. The second-order valence-corrected chi connectivity index (χ2v) is 5.55. The molecule has 3 heteroatoms. The van der Waals surface area contributed by atoms with Gasteiger partial charge in [0, 0.05) is 17.1 Å². The molecule has 1 unspecified atom stereocenters. The molecule has 0 saturated carbocycles. The summed E-state index contributed by atoms with van der Waals surface area (Å²) in [7, 11) is 0. The highest BCUT2D eigenvalue weighted by Crippen LogP contribution is 2.20. The van der Waals surface area contributed by atoms with E-state index in [4.69, 9.17) is 0 Å². The Kier molecular flexibility index (Phi) is 4.72. The molecule has 0 radical (unpaired) electrons. The third-order valence-electron chi connectivity index (χ3n) is 3.26. The van der Waals surface area contributed by atoms with Crippen LogP contribution in [-0.4, -0.2) is 0 Å². The van der Waals surface area contributed by atoms with Gasteiger partial charge < -0.3 is 5.32 Å². The van der Waals surface area contributed by atoms with Crippen LogP contribution in [0.15, 0.2) is 46.9 Å². The predicted molar refractivity (Wildman–Crippen MR) is 80.5 cm³/mol. The van der Waals surface area contributed by atoms with Crippen LogP contribution in [0.2, 0.25) is 0 Å². The van der Waals surface area contributed by atoms with Gasteiger partial charge in [0.15, 0.2) is 0 Å². The van der Waals surface area contributed by atoms with Crippen LogP contribution in [0.3, 0.4) is 0 Å². The first-order chi connectivity index (χ1) is 9.08. The molecule has 0 heterocycles. The van der Waals surface area contributed by atoms with E-state index in [2.05, 4.69) is 47.2 Å². The molecule has 1 atom stereocenters. The summed E-state index contributed by atoms with van der Waals surface area (Å²) in [5.41, 5.74) is 3.47. The lowest BCUT2D eigenvalue weighted by Crippen LogP contribution is -2.19. The first-order valence-electron chi connectivity index (χ1n) is 6.31. The maximum atomic E-state index is 13.2. The summed E-state index contributed by atoms with van der Waals surface area (Å²) in [6.45, 7) is 4.86. The lowest BCUT2D eigenvalue weighted by molar-refractivity contribution is 0.566. The van der Waals surface area contributed by atoms with Crippen molar-refractivity contribution in [2.24, 2.45) is 0 Å². The quantitative estimate of drug-likeness (QED) is 0.857. The molecule has 0 aromatic heterocycles. The molecule has 0 saturated heterocycles. The van der Waals surface area contributed by atoms with Crippen molar-refractivity contribution in [1.82, 2.24) is 5.32 Å². The molecule has 0 bridgehead atoms. The molecule has 100 valence electrons. The number of nitrogens with one attached hydrogen (secondary N) is 1. The second kappa shape index (κ2) is 6.31. The number of aryl methyl sites for hydroxylation is 1. The molecule has 0 aliphatic heterocycles. The highest BCUT2D eigenvalue weighted by atomic mass is 79.9. The van der Waals surface area contributed by atoms with E-state index in [0.717, 1.165) is 10.0 Å². The Bertz CT molecular complexity index is 568. The van der Waals surface area contributed by atoms with Crippen LogP contribution in [0.25, 0.3) is 0 Å². The minimum atomic E-state index is -0.205. The van der Waals surface area contributed by atoms with Crippen LogP contribution >= 0.6 is 15.9 Å². The number of benzene rings is 2. The average molecular weight is 322 g/mol. The Hall–Kier alpha value is -1.19. The summed E-state index contributed by atoms with van der Waals surface area (Å²) in [5.74, 6) is -0.205. The van der Waals surface area contributed by atoms with E-state index in [1.165, 1.54) is 17.2 Å². The van der Waals surface area contributed by atoms with Crippen molar-refractivity contribution < 1.29 is 4.39 Å². The van der Waals surface area contributed by atoms with Gasteiger partial charge in [0.25, 0.3) is 0 Å². The van der Waals surface area contributed by atoms with Gasteiger partial charge in [0.2, 0.25) is 0 Å². The summed E-state index contributed by atoms with van der Waals surface area (Å²) in [6, 6.07) is 13.3. The van der Waals surface area contributed by atoms with Gasteiger partial charge in [-0.15, -0.1) is 0 Å². The zero-order valence-electron chi connectivity index (χ0n) is 11.1. The summed E-state index contributed by atoms with van der Waals surface area (Å²) in [4.78, 5) is 0. The zero-order valence-corrected chi connectivity index (χ0v) is 12.7. The molecule has 2 rings (SSSR count). The van der Waals surface area contributed by atoms with Crippen molar-refractivity contribution in [2.45, 2.75) is 26.4 Å². The molecule has 0 aliphatic carbocycles. The minimum Gasteiger partial charge on any atom is -0.306 e. The first-order valence-corrected chi connectivity index (χ1v) is 7.10. The van der Waals surface area contributed by atoms with E-state index in [1.54, 1.807) is 12.1 Å². The number of hydrogen-bond donors (Lipinski definition) is 1. The number of halogens is 2. The SMILES string of the molecule is Cc1ccccc1C(C)NCc1cc(F)ccc1Br. The number of hydrogen-bond acceptors (Lipinski definition) is 1. The van der Waals surface area contributed by atoms with Crippen molar-refractivity contribution in [3.8, 4) is 0 Å². The Morgan fingerprint density at radius 2 is 1.95 bits per heavy atom. The summed E-state index contributed by atoms with van der Waals surface area (Å²) >= 11 is 3.44. The summed E-state index contributed by atoms with van der Waals surface area (Å²) in [6.07, 6.45) is 0. The molecule has 1 N–H and O–H groups in total. The standard InChI is InChI=1S/C16H17BrFN/c1-11-5-3-4-6-15(11)12(2)19-10-13-9-14(18)7-8-16(13)17/h3-9,12,19H,10H2,1-2H3. The highest BCUT2D eigenvalue weighted by molar-refractivity contribution is 9.10. The van der Waals surface area contributed by atoms with Gasteiger partial charge in [-0.25, -0.2) is 4.39 Å². The minimum absolute atomic E-state index is 0.205. The zero-order chi connectivity index (χ0) is 13.8. The fourth-order valence-electron chi connectivity index (χ4n) is 2.12. The molecule has 19 heavy (non-hydrogen) atoms. The van der Waals surface area contributed by atoms with Gasteiger partial charge >= 0.3 is 0 Å². The van der Waals surface area contributed by atoms with Gasteiger partial charge in [0.1, 0.15) is 5.82 Å². The average Bonchev–Trinajstić information content (AvgIpc) is 2.40. The molecule has 2 aromatic rings. The molecular formula is C16H17BrFN. The van der Waals surface area contributed by atoms with Gasteiger partial charge in [-0.2, -0.15) is 0 Å². The molecule has 0 aliphatic rings. The van der Waals surface area contributed by atoms with Gasteiger partial charge in [-0.05, 0) is 48.7 Å². The van der Waals surface area contributed by atoms with Crippen molar-refractivity contribution in [2.75, 3.05) is 0 Å². The smallest absolute Gasteiger partial charge is 0.123 e. The molecule has 0 spiro atoms. The van der Waals surface area contributed by atoms with Crippen molar-refractivity contribution in [3.63, 3.8) is 0 Å². The van der Waals surface area contributed by atoms with Gasteiger partial charge in [0.05, 0.1) is 0 Å². The van der Waals surface area contributed by atoms with Crippen LogP contribution < -0.4 is 5.32 Å². The fraction of sp³-hybridized carbons (Fsp3) is 0.250. The second-order valence-electron chi connectivity index (χ2n) is 4.69. The monoisotopic (exact) mass is 321 g/mol. The Balaban J connectivity index is 2.06. The largest absolute Gasteiger partial charge is 0.306 e. The third kappa shape index (κ3) is 3.64. The van der Waals surface area contributed by atoms with Crippen molar-refractivity contribution in [1.29, 1.82) is 0 Å². The van der Waals surface area contributed by atoms with Crippen LogP contribution in [0, 0.1) is 12.7 Å². The van der Waals surface area contributed by atoms with Crippen LogP contribution in [0.5, 0.6) is 0 Å². The maximum absolute atomic E-state index is 13.2. The lowest BCUT2D eigenvalue weighted by Gasteiger charge is -2.17. The van der Waals surface area contributed by atoms with E-state index >= 15 is 0 Å². The lowest BCUT2D eigenvalue weighted by atomic mass is 10.0. The van der Waals surface area contributed by atoms with Crippen LogP contribution in [0.4, 0.5) is 4.39 Å². The topological polar surface area (TPSA) is 12.0 Å². The van der Waals surface area contributed by atoms with Crippen LogP contribution in [-0.2, 0) is 6.54 Å². The Morgan fingerprint density at radius 3 is 2.68 bits per heavy atom. The van der Waals surface area contributed by atoms with Crippen LogP contribution in [0.1, 0.15) is 29.7 Å². The summed E-state index contributed by atoms with van der Waals surface area (Å²) < 4.78 is 14.1. The fourth-order valence-corrected chi connectivity index (χ4v) is 2.51. The Morgan fingerprint density at radius 1 is 1.21 bits per heavy atom. The van der Waals surface area contributed by atoms with Crippen molar-refractivity contribution >= 4 is 15.9 Å². The molecular weight excluding hydrogens is 305 g/mol. The predicted octanol–water partition coefficient (Wildman–Crippen LogP) is 4.75.